The molecule has 0 bridgehead atoms. The van der Waals surface area contributed by atoms with Gasteiger partial charge in [-0.1, -0.05) is 35.4 Å². The third-order valence-electron chi connectivity index (χ3n) is 4.15. The molecule has 0 unspecified atom stereocenters. The molecule has 1 aliphatic carbocycles. The van der Waals surface area contributed by atoms with E-state index in [9.17, 15) is 9.59 Å². The number of esters is 1. The molecule has 0 radical (unpaired) electrons. The Morgan fingerprint density at radius 3 is 2.19 bits per heavy atom. The summed E-state index contributed by atoms with van der Waals surface area (Å²) in [6.07, 6.45) is 5.64. The standard InChI is InChI=1S/C22H20O3S/c1-15-3-7-17(8-4-15)21(23)25-19-11-13-20(14-12-19)26-22(24)18-9-5-16(2)6-10-18/h3-5,7-9,11-14H,6,10H2,1-2H3. The summed E-state index contributed by atoms with van der Waals surface area (Å²) in [5.41, 5.74) is 3.74. The second-order valence-electron chi connectivity index (χ2n) is 6.32. The third kappa shape index (κ3) is 4.73. The molecule has 2 aromatic carbocycles. The minimum absolute atomic E-state index is 0.0677. The second-order valence-corrected chi connectivity index (χ2v) is 7.37. The molecule has 0 spiro atoms. The van der Waals surface area contributed by atoms with Gasteiger partial charge >= 0.3 is 5.97 Å². The van der Waals surface area contributed by atoms with Gasteiger partial charge in [0.1, 0.15) is 5.75 Å². The summed E-state index contributed by atoms with van der Waals surface area (Å²) < 4.78 is 5.38. The van der Waals surface area contributed by atoms with Crippen molar-refractivity contribution in [3.8, 4) is 5.75 Å². The van der Waals surface area contributed by atoms with Crippen LogP contribution in [0.15, 0.2) is 76.7 Å². The molecule has 3 nitrogen and oxygen atoms in total. The Kier molecular flexibility index (Phi) is 5.74. The van der Waals surface area contributed by atoms with Gasteiger partial charge in [0, 0.05) is 10.5 Å². The van der Waals surface area contributed by atoms with Crippen molar-refractivity contribution in [2.24, 2.45) is 0 Å². The maximum absolute atomic E-state index is 12.3. The van der Waals surface area contributed by atoms with E-state index in [0.717, 1.165) is 28.9 Å². The van der Waals surface area contributed by atoms with Gasteiger partial charge in [-0.15, -0.1) is 0 Å². The SMILES string of the molecule is CC1=CC=C(C(=O)Sc2ccc(OC(=O)c3ccc(C)cc3)cc2)CC1. The third-order valence-corrected chi connectivity index (χ3v) is 5.11. The van der Waals surface area contributed by atoms with E-state index in [0.29, 0.717) is 11.3 Å². The highest BCUT2D eigenvalue weighted by Gasteiger charge is 2.14. The Hall–Kier alpha value is -2.59. The highest BCUT2D eigenvalue weighted by molar-refractivity contribution is 8.14. The van der Waals surface area contributed by atoms with Gasteiger partial charge in [0.05, 0.1) is 5.56 Å². The van der Waals surface area contributed by atoms with Gasteiger partial charge in [0.15, 0.2) is 0 Å². The van der Waals surface area contributed by atoms with E-state index < -0.39 is 5.97 Å². The van der Waals surface area contributed by atoms with Crippen LogP contribution in [0, 0.1) is 6.92 Å². The summed E-state index contributed by atoms with van der Waals surface area (Å²) in [5, 5.41) is 0.0677. The number of carbonyl (C=O) groups excluding carboxylic acids is 2. The first-order chi connectivity index (χ1) is 12.5. The van der Waals surface area contributed by atoms with Gasteiger partial charge in [-0.05, 0) is 74.8 Å². The van der Waals surface area contributed by atoms with Crippen LogP contribution in [0.1, 0.15) is 35.7 Å². The van der Waals surface area contributed by atoms with E-state index in [1.807, 2.05) is 31.2 Å². The molecule has 0 saturated heterocycles. The Morgan fingerprint density at radius 1 is 0.885 bits per heavy atom. The van der Waals surface area contributed by atoms with E-state index in [1.165, 1.54) is 17.3 Å². The summed E-state index contributed by atoms with van der Waals surface area (Å²) in [5.74, 6) is 0.0683. The van der Waals surface area contributed by atoms with Crippen LogP contribution < -0.4 is 4.74 Å². The number of hydrogen-bond donors (Lipinski definition) is 0. The highest BCUT2D eigenvalue weighted by Crippen LogP contribution is 2.28. The molecule has 0 atom stereocenters. The Bertz CT molecular complexity index is 875. The smallest absolute Gasteiger partial charge is 0.343 e. The van der Waals surface area contributed by atoms with Crippen molar-refractivity contribution in [3.63, 3.8) is 0 Å². The van der Waals surface area contributed by atoms with Crippen molar-refractivity contribution in [1.82, 2.24) is 0 Å². The first-order valence-corrected chi connectivity index (χ1v) is 9.30. The molecule has 0 saturated carbocycles. The number of ether oxygens (including phenoxy) is 1. The van der Waals surface area contributed by atoms with E-state index in [1.54, 1.807) is 36.4 Å². The predicted octanol–water partition coefficient (Wildman–Crippen LogP) is 5.50. The average molecular weight is 364 g/mol. The summed E-state index contributed by atoms with van der Waals surface area (Å²) in [7, 11) is 0. The number of rotatable bonds is 4. The monoisotopic (exact) mass is 364 g/mol. The maximum atomic E-state index is 12.3. The number of allylic oxidation sites excluding steroid dienone is 3. The van der Waals surface area contributed by atoms with Crippen molar-refractivity contribution >= 4 is 22.8 Å². The molecule has 0 aliphatic heterocycles. The summed E-state index contributed by atoms with van der Waals surface area (Å²) >= 11 is 1.20. The van der Waals surface area contributed by atoms with Crippen LogP contribution in [0.25, 0.3) is 0 Å². The zero-order valence-corrected chi connectivity index (χ0v) is 15.6. The fourth-order valence-electron chi connectivity index (χ4n) is 2.52. The van der Waals surface area contributed by atoms with Gasteiger partial charge in [-0.2, -0.15) is 0 Å². The summed E-state index contributed by atoms with van der Waals surface area (Å²) in [6, 6.07) is 14.2. The zero-order valence-electron chi connectivity index (χ0n) is 14.8. The Morgan fingerprint density at radius 2 is 1.58 bits per heavy atom. The van der Waals surface area contributed by atoms with Crippen LogP contribution in [0.3, 0.4) is 0 Å². The molecule has 0 fully saturated rings. The molecular weight excluding hydrogens is 344 g/mol. The second kappa shape index (κ2) is 8.19. The predicted molar refractivity (Wildman–Crippen MR) is 105 cm³/mol. The van der Waals surface area contributed by atoms with Crippen LogP contribution in [-0.4, -0.2) is 11.1 Å². The average Bonchev–Trinajstić information content (AvgIpc) is 2.64. The first kappa shape index (κ1) is 18.2. The van der Waals surface area contributed by atoms with E-state index in [-0.39, 0.29) is 5.12 Å². The van der Waals surface area contributed by atoms with E-state index in [2.05, 4.69) is 6.92 Å². The largest absolute Gasteiger partial charge is 0.423 e. The van der Waals surface area contributed by atoms with Gasteiger partial charge in [-0.3, -0.25) is 4.79 Å². The van der Waals surface area contributed by atoms with Gasteiger partial charge in [0.25, 0.3) is 0 Å². The van der Waals surface area contributed by atoms with Crippen molar-refractivity contribution in [2.45, 2.75) is 31.6 Å². The van der Waals surface area contributed by atoms with E-state index >= 15 is 0 Å². The maximum Gasteiger partial charge on any atom is 0.343 e. The molecule has 0 heterocycles. The van der Waals surface area contributed by atoms with Crippen molar-refractivity contribution in [2.75, 3.05) is 0 Å². The number of aryl methyl sites for hydroxylation is 1. The lowest BCUT2D eigenvalue weighted by Gasteiger charge is -2.10. The van der Waals surface area contributed by atoms with Crippen LogP contribution in [-0.2, 0) is 4.79 Å². The fraction of sp³-hybridized carbons (Fsp3) is 0.182. The molecule has 0 aromatic heterocycles. The van der Waals surface area contributed by atoms with Gasteiger partial charge in [0.2, 0.25) is 5.12 Å². The topological polar surface area (TPSA) is 43.4 Å². The number of hydrogen-bond acceptors (Lipinski definition) is 4. The molecule has 0 amide bonds. The molecule has 2 aromatic rings. The number of benzene rings is 2. The van der Waals surface area contributed by atoms with Crippen molar-refractivity contribution in [3.05, 3.63) is 83.0 Å². The zero-order chi connectivity index (χ0) is 18.5. The summed E-state index contributed by atoms with van der Waals surface area (Å²) in [4.78, 5) is 25.3. The lowest BCUT2D eigenvalue weighted by atomic mass is 10.0. The molecule has 1 aliphatic rings. The summed E-state index contributed by atoms with van der Waals surface area (Å²) in [6.45, 7) is 4.04. The van der Waals surface area contributed by atoms with Crippen molar-refractivity contribution < 1.29 is 14.3 Å². The molecule has 0 N–H and O–H groups in total. The molecule has 132 valence electrons. The Labute approximate surface area is 157 Å². The first-order valence-electron chi connectivity index (χ1n) is 8.49. The molecule has 4 heteroatoms. The number of thioether (sulfide) groups is 1. The molecule has 26 heavy (non-hydrogen) atoms. The van der Waals surface area contributed by atoms with Crippen molar-refractivity contribution in [1.29, 1.82) is 0 Å². The Balaban J connectivity index is 1.60. The molecule has 3 rings (SSSR count). The fourth-order valence-corrected chi connectivity index (χ4v) is 3.30. The lowest BCUT2D eigenvalue weighted by Crippen LogP contribution is -2.08. The van der Waals surface area contributed by atoms with Crippen LogP contribution in [0.4, 0.5) is 0 Å². The lowest BCUT2D eigenvalue weighted by molar-refractivity contribution is -0.108. The number of carbonyl (C=O) groups is 2. The highest BCUT2D eigenvalue weighted by atomic mass is 32.2. The normalized spacial score (nSPS) is 13.6. The van der Waals surface area contributed by atoms with Crippen LogP contribution in [0.2, 0.25) is 0 Å². The van der Waals surface area contributed by atoms with E-state index in [4.69, 9.17) is 4.74 Å². The minimum Gasteiger partial charge on any atom is -0.423 e. The van der Waals surface area contributed by atoms with Gasteiger partial charge in [-0.25, -0.2) is 4.79 Å². The minimum atomic E-state index is -0.393. The van der Waals surface area contributed by atoms with Crippen LogP contribution >= 0.6 is 11.8 Å². The van der Waals surface area contributed by atoms with Crippen LogP contribution in [0.5, 0.6) is 5.75 Å². The molecular formula is C22H20O3S. The van der Waals surface area contributed by atoms with Gasteiger partial charge < -0.3 is 4.74 Å². The quantitative estimate of drug-likeness (QED) is 0.408.